The molecule has 0 aliphatic heterocycles. The lowest BCUT2D eigenvalue weighted by molar-refractivity contribution is 0.0940. The predicted molar refractivity (Wildman–Crippen MR) is 133 cm³/mol. The number of hydrogen-bond acceptors (Lipinski definition) is 5. The molecule has 172 valence electrons. The number of pyridine rings is 1. The van der Waals surface area contributed by atoms with Crippen molar-refractivity contribution in [3.63, 3.8) is 0 Å². The van der Waals surface area contributed by atoms with Gasteiger partial charge in [-0.2, -0.15) is 0 Å². The number of rotatable bonds is 7. The molecule has 0 saturated heterocycles. The fourth-order valence-corrected chi connectivity index (χ4v) is 3.77. The number of hydrogen-bond donors (Lipinski definition) is 1. The highest BCUT2D eigenvalue weighted by molar-refractivity contribution is 5.97. The largest absolute Gasteiger partial charge is 0.380 e. The van der Waals surface area contributed by atoms with Gasteiger partial charge in [0.1, 0.15) is 5.82 Å². The van der Waals surface area contributed by atoms with E-state index in [9.17, 15) is 4.79 Å². The molecule has 2 aromatic heterocycles. The van der Waals surface area contributed by atoms with Gasteiger partial charge in [-0.25, -0.2) is 9.97 Å². The van der Waals surface area contributed by atoms with E-state index in [0.717, 1.165) is 39.1 Å². The number of aromatic nitrogens is 3. The Morgan fingerprint density at radius 2 is 1.68 bits per heavy atom. The molecule has 1 amide bonds. The zero-order chi connectivity index (χ0) is 24.1. The minimum atomic E-state index is -0.238. The maximum Gasteiger partial charge on any atom is 0.251 e. The molecule has 0 fully saturated rings. The van der Waals surface area contributed by atoms with Crippen LogP contribution in [0.2, 0.25) is 0 Å². The van der Waals surface area contributed by atoms with E-state index in [1.54, 1.807) is 19.5 Å². The van der Waals surface area contributed by atoms with Crippen LogP contribution in [0, 0.1) is 13.8 Å². The van der Waals surface area contributed by atoms with Crippen molar-refractivity contribution in [1.29, 1.82) is 0 Å². The summed E-state index contributed by atoms with van der Waals surface area (Å²) in [5.41, 5.74) is 7.18. The molecule has 6 heteroatoms. The predicted octanol–water partition coefficient (Wildman–Crippen LogP) is 5.46. The Hall–Kier alpha value is -3.90. The van der Waals surface area contributed by atoms with Crippen LogP contribution in [0.25, 0.3) is 22.4 Å². The van der Waals surface area contributed by atoms with Gasteiger partial charge in [0.05, 0.1) is 18.3 Å². The highest BCUT2D eigenvalue weighted by Crippen LogP contribution is 2.30. The summed E-state index contributed by atoms with van der Waals surface area (Å²) in [4.78, 5) is 26.4. The Morgan fingerprint density at radius 3 is 2.38 bits per heavy atom. The van der Waals surface area contributed by atoms with Crippen molar-refractivity contribution in [2.75, 3.05) is 7.11 Å². The third-order valence-electron chi connectivity index (χ3n) is 5.68. The number of aryl methyl sites for hydroxylation is 2. The van der Waals surface area contributed by atoms with Crippen molar-refractivity contribution < 1.29 is 9.53 Å². The fraction of sp³-hybridized carbons (Fsp3) is 0.214. The van der Waals surface area contributed by atoms with Crippen molar-refractivity contribution in [1.82, 2.24) is 20.3 Å². The van der Waals surface area contributed by atoms with Gasteiger partial charge in [-0.3, -0.25) is 9.78 Å². The number of amides is 1. The molecule has 2 aromatic carbocycles. The summed E-state index contributed by atoms with van der Waals surface area (Å²) in [7, 11) is 1.68. The first-order valence-electron chi connectivity index (χ1n) is 11.2. The Kier molecular flexibility index (Phi) is 7.09. The molecular formula is C28H28N4O2. The van der Waals surface area contributed by atoms with Gasteiger partial charge >= 0.3 is 0 Å². The van der Waals surface area contributed by atoms with Crippen LogP contribution in [0.4, 0.5) is 0 Å². The summed E-state index contributed by atoms with van der Waals surface area (Å²) >= 11 is 0. The van der Waals surface area contributed by atoms with Gasteiger partial charge in [0.25, 0.3) is 5.91 Å². The van der Waals surface area contributed by atoms with Gasteiger partial charge in [-0.05, 0) is 67.3 Å². The first-order valence-corrected chi connectivity index (χ1v) is 11.2. The third-order valence-corrected chi connectivity index (χ3v) is 5.68. The maximum absolute atomic E-state index is 13.3. The molecule has 0 bridgehead atoms. The van der Waals surface area contributed by atoms with Crippen LogP contribution in [0.1, 0.15) is 45.8 Å². The molecule has 0 aliphatic rings. The van der Waals surface area contributed by atoms with E-state index in [4.69, 9.17) is 4.74 Å². The molecule has 0 spiro atoms. The summed E-state index contributed by atoms with van der Waals surface area (Å²) < 4.78 is 5.40. The lowest BCUT2D eigenvalue weighted by Crippen LogP contribution is -2.27. The van der Waals surface area contributed by atoms with Crippen LogP contribution in [0.5, 0.6) is 0 Å². The summed E-state index contributed by atoms with van der Waals surface area (Å²) in [6, 6.07) is 17.7. The molecule has 34 heavy (non-hydrogen) atoms. The van der Waals surface area contributed by atoms with E-state index in [1.165, 1.54) is 0 Å². The summed E-state index contributed by atoms with van der Waals surface area (Å²) in [5, 5.41) is 3.07. The quantitative estimate of drug-likeness (QED) is 0.403. The molecule has 1 atom stereocenters. The zero-order valence-electron chi connectivity index (χ0n) is 19.9. The van der Waals surface area contributed by atoms with E-state index < -0.39 is 0 Å². The Balaban J connectivity index is 1.75. The van der Waals surface area contributed by atoms with Crippen molar-refractivity contribution in [3.8, 4) is 22.4 Å². The monoisotopic (exact) mass is 452 g/mol. The standard InChI is InChI=1S/C28H28N4O2/c1-18-9-10-27(31-14-18)23-11-22(26-8-6-5-7-21(26)17-34-4)12-24(13-23)28(33)32-19(2)25-15-29-20(3)30-16-25/h5-16,19H,17H2,1-4H3,(H,32,33). The normalized spacial score (nSPS) is 11.8. The van der Waals surface area contributed by atoms with E-state index >= 15 is 0 Å². The minimum absolute atomic E-state index is 0.174. The molecule has 4 rings (SSSR count). The second-order valence-corrected chi connectivity index (χ2v) is 8.37. The smallest absolute Gasteiger partial charge is 0.251 e. The van der Waals surface area contributed by atoms with E-state index in [-0.39, 0.29) is 11.9 Å². The number of benzene rings is 2. The highest BCUT2D eigenvalue weighted by atomic mass is 16.5. The molecular weight excluding hydrogens is 424 g/mol. The van der Waals surface area contributed by atoms with Crippen molar-refractivity contribution >= 4 is 5.91 Å². The van der Waals surface area contributed by atoms with Gasteiger partial charge in [0.15, 0.2) is 0 Å². The molecule has 6 nitrogen and oxygen atoms in total. The summed E-state index contributed by atoms with van der Waals surface area (Å²) in [6.45, 7) is 6.24. The molecule has 4 aromatic rings. The van der Waals surface area contributed by atoms with E-state index in [0.29, 0.717) is 18.0 Å². The van der Waals surface area contributed by atoms with Crippen LogP contribution in [0.3, 0.4) is 0 Å². The molecule has 0 aliphatic carbocycles. The third kappa shape index (κ3) is 5.35. The summed E-state index contributed by atoms with van der Waals surface area (Å²) in [5.74, 6) is 0.521. The number of carbonyl (C=O) groups is 1. The minimum Gasteiger partial charge on any atom is -0.380 e. The van der Waals surface area contributed by atoms with Gasteiger partial charge in [-0.1, -0.05) is 30.3 Å². The number of carbonyl (C=O) groups excluding carboxylic acids is 1. The highest BCUT2D eigenvalue weighted by Gasteiger charge is 2.16. The van der Waals surface area contributed by atoms with Crippen molar-refractivity contribution in [2.24, 2.45) is 0 Å². The second kappa shape index (κ2) is 10.4. The lowest BCUT2D eigenvalue weighted by Gasteiger charge is -2.16. The molecule has 1 N–H and O–H groups in total. The maximum atomic E-state index is 13.3. The molecule has 0 saturated carbocycles. The van der Waals surface area contributed by atoms with Gasteiger partial charge < -0.3 is 10.1 Å². The van der Waals surface area contributed by atoms with E-state index in [1.807, 2.05) is 75.5 Å². The van der Waals surface area contributed by atoms with Crippen LogP contribution < -0.4 is 5.32 Å². The summed E-state index contributed by atoms with van der Waals surface area (Å²) in [6.07, 6.45) is 5.32. The zero-order valence-corrected chi connectivity index (χ0v) is 19.9. The van der Waals surface area contributed by atoms with Crippen molar-refractivity contribution in [2.45, 2.75) is 33.4 Å². The topological polar surface area (TPSA) is 77.0 Å². The van der Waals surface area contributed by atoms with Crippen LogP contribution in [0.15, 0.2) is 73.2 Å². The van der Waals surface area contributed by atoms with Gasteiger partial charge in [-0.15, -0.1) is 0 Å². The first kappa shape index (κ1) is 23.3. The number of ether oxygens (including phenoxy) is 1. The van der Waals surface area contributed by atoms with Crippen LogP contribution in [-0.4, -0.2) is 28.0 Å². The van der Waals surface area contributed by atoms with Crippen LogP contribution >= 0.6 is 0 Å². The number of nitrogens with one attached hydrogen (secondary N) is 1. The second-order valence-electron chi connectivity index (χ2n) is 8.37. The average Bonchev–Trinajstić information content (AvgIpc) is 2.85. The number of methoxy groups -OCH3 is 1. The van der Waals surface area contributed by atoms with Gasteiger partial charge in [0.2, 0.25) is 0 Å². The molecule has 1 unspecified atom stereocenters. The first-order chi connectivity index (χ1) is 16.4. The van der Waals surface area contributed by atoms with E-state index in [2.05, 4.69) is 26.3 Å². The Bertz CT molecular complexity index is 1280. The Labute approximate surface area is 200 Å². The SMILES string of the molecule is COCc1ccccc1-c1cc(C(=O)NC(C)c2cnc(C)nc2)cc(-c2ccc(C)cn2)c1. The Morgan fingerprint density at radius 1 is 0.941 bits per heavy atom. The molecule has 2 heterocycles. The molecule has 0 radical (unpaired) electrons. The lowest BCUT2D eigenvalue weighted by atomic mass is 9.94. The van der Waals surface area contributed by atoms with Crippen LogP contribution in [-0.2, 0) is 11.3 Å². The average molecular weight is 453 g/mol. The van der Waals surface area contributed by atoms with Crippen molar-refractivity contribution in [3.05, 3.63) is 101 Å². The number of nitrogens with zero attached hydrogens (tertiary/aromatic N) is 3. The fourth-order valence-electron chi connectivity index (χ4n) is 3.77. The van der Waals surface area contributed by atoms with Gasteiger partial charge in [0, 0.05) is 42.4 Å².